The molecular formula is C20H25N3O3S. The lowest BCUT2D eigenvalue weighted by molar-refractivity contribution is -0.127. The summed E-state index contributed by atoms with van der Waals surface area (Å²) in [4.78, 5) is 31.4. The second kappa shape index (κ2) is 7.20. The maximum Gasteiger partial charge on any atom is 0.229 e. The number of methoxy groups -OCH3 is 1. The molecule has 1 aromatic heterocycles. The number of thiazole rings is 1. The monoisotopic (exact) mass is 387 g/mol. The van der Waals surface area contributed by atoms with Crippen LogP contribution in [0.25, 0.3) is 10.2 Å². The van der Waals surface area contributed by atoms with Crippen LogP contribution in [-0.2, 0) is 14.3 Å². The largest absolute Gasteiger partial charge is 0.384 e. The zero-order chi connectivity index (χ0) is 19.0. The summed E-state index contributed by atoms with van der Waals surface area (Å²) < 4.78 is 6.38. The molecule has 7 heteroatoms. The molecule has 2 aromatic rings. The number of benzene rings is 1. The van der Waals surface area contributed by atoms with Gasteiger partial charge in [-0.05, 0) is 37.5 Å². The number of nitrogens with one attached hydrogen (secondary N) is 1. The first kappa shape index (κ1) is 18.4. The Morgan fingerprint density at radius 1 is 1.44 bits per heavy atom. The second-order valence-electron chi connectivity index (χ2n) is 7.88. The molecule has 2 fully saturated rings. The molecule has 2 heterocycles. The van der Waals surface area contributed by atoms with E-state index >= 15 is 0 Å². The quantitative estimate of drug-likeness (QED) is 0.827. The van der Waals surface area contributed by atoms with Crippen LogP contribution < -0.4 is 10.2 Å². The van der Waals surface area contributed by atoms with Crippen molar-refractivity contribution >= 4 is 38.5 Å². The molecule has 144 valence electrons. The fourth-order valence-electron chi connectivity index (χ4n) is 3.98. The predicted octanol–water partition coefficient (Wildman–Crippen LogP) is 2.89. The number of anilines is 1. The SMILES string of the molecule is COCC1(CNC(=O)C2CC(=O)N(c3nc4ccc(C)cc4s3)C2)CCC1. The van der Waals surface area contributed by atoms with E-state index in [2.05, 4.69) is 16.4 Å². The molecule has 1 saturated heterocycles. The van der Waals surface area contributed by atoms with Gasteiger partial charge in [-0.25, -0.2) is 4.98 Å². The molecule has 1 N–H and O–H groups in total. The van der Waals surface area contributed by atoms with Gasteiger partial charge in [0.05, 0.1) is 22.7 Å². The van der Waals surface area contributed by atoms with Crippen molar-refractivity contribution in [3.05, 3.63) is 23.8 Å². The van der Waals surface area contributed by atoms with Gasteiger partial charge in [-0.2, -0.15) is 0 Å². The molecule has 4 rings (SSSR count). The van der Waals surface area contributed by atoms with Gasteiger partial charge in [-0.15, -0.1) is 0 Å². The summed E-state index contributed by atoms with van der Waals surface area (Å²) in [6.45, 7) is 3.75. The number of fused-ring (bicyclic) bond motifs is 1. The number of hydrogen-bond acceptors (Lipinski definition) is 5. The highest BCUT2D eigenvalue weighted by molar-refractivity contribution is 7.22. The Kier molecular flexibility index (Phi) is 4.90. The lowest BCUT2D eigenvalue weighted by Crippen LogP contribution is -2.46. The Labute approximate surface area is 162 Å². The average Bonchev–Trinajstić information content (AvgIpc) is 3.19. The Morgan fingerprint density at radius 3 is 2.96 bits per heavy atom. The van der Waals surface area contributed by atoms with Gasteiger partial charge in [0.15, 0.2) is 5.13 Å². The van der Waals surface area contributed by atoms with Crippen LogP contribution in [0.2, 0.25) is 0 Å². The van der Waals surface area contributed by atoms with Crippen molar-refractivity contribution in [1.82, 2.24) is 10.3 Å². The van der Waals surface area contributed by atoms with Gasteiger partial charge >= 0.3 is 0 Å². The molecule has 0 spiro atoms. The Hall–Kier alpha value is -1.99. The van der Waals surface area contributed by atoms with E-state index in [0.717, 1.165) is 23.1 Å². The zero-order valence-electron chi connectivity index (χ0n) is 15.8. The standard InChI is InChI=1S/C20H25N3O3S/c1-13-4-5-15-16(8-13)27-19(22-15)23-10-14(9-17(23)24)18(25)21-11-20(12-26-2)6-3-7-20/h4-5,8,14H,3,6-7,9-12H2,1-2H3,(H,21,25). The van der Waals surface area contributed by atoms with Crippen molar-refractivity contribution < 1.29 is 14.3 Å². The molecule has 27 heavy (non-hydrogen) atoms. The smallest absolute Gasteiger partial charge is 0.229 e. The van der Waals surface area contributed by atoms with E-state index in [1.165, 1.54) is 23.3 Å². The molecule has 2 aliphatic rings. The number of aromatic nitrogens is 1. The summed E-state index contributed by atoms with van der Waals surface area (Å²) >= 11 is 1.51. The van der Waals surface area contributed by atoms with E-state index in [4.69, 9.17) is 4.74 Å². The molecule has 1 aromatic carbocycles. The van der Waals surface area contributed by atoms with Gasteiger partial charge in [0.2, 0.25) is 11.8 Å². The summed E-state index contributed by atoms with van der Waals surface area (Å²) in [6, 6.07) is 6.07. The molecule has 1 unspecified atom stereocenters. The van der Waals surface area contributed by atoms with Crippen molar-refractivity contribution in [2.75, 3.05) is 31.7 Å². The van der Waals surface area contributed by atoms with Crippen LogP contribution in [-0.4, -0.2) is 43.6 Å². The van der Waals surface area contributed by atoms with Crippen molar-refractivity contribution in [3.63, 3.8) is 0 Å². The molecule has 1 aliphatic carbocycles. The highest BCUT2D eigenvalue weighted by Gasteiger charge is 2.40. The second-order valence-corrected chi connectivity index (χ2v) is 8.89. The van der Waals surface area contributed by atoms with Crippen LogP contribution in [0.1, 0.15) is 31.2 Å². The first-order chi connectivity index (χ1) is 13.0. The van der Waals surface area contributed by atoms with Gasteiger partial charge in [-0.3, -0.25) is 14.5 Å². The summed E-state index contributed by atoms with van der Waals surface area (Å²) in [7, 11) is 1.70. The minimum atomic E-state index is -0.314. The Morgan fingerprint density at radius 2 is 2.26 bits per heavy atom. The molecule has 1 atom stereocenters. The number of nitrogens with zero attached hydrogens (tertiary/aromatic N) is 2. The fraction of sp³-hybridized carbons (Fsp3) is 0.550. The third-order valence-corrected chi connectivity index (χ3v) is 6.80. The molecular weight excluding hydrogens is 362 g/mol. The first-order valence-corrected chi connectivity index (χ1v) is 10.3. The third-order valence-electron chi connectivity index (χ3n) is 5.76. The number of aryl methyl sites for hydroxylation is 1. The van der Waals surface area contributed by atoms with Crippen molar-refractivity contribution in [2.45, 2.75) is 32.6 Å². The predicted molar refractivity (Wildman–Crippen MR) is 106 cm³/mol. The van der Waals surface area contributed by atoms with Gasteiger partial charge in [0.1, 0.15) is 0 Å². The van der Waals surface area contributed by atoms with Crippen LogP contribution in [0.5, 0.6) is 0 Å². The van der Waals surface area contributed by atoms with E-state index < -0.39 is 0 Å². The fourth-order valence-corrected chi connectivity index (χ4v) is 5.07. The van der Waals surface area contributed by atoms with Crippen molar-refractivity contribution in [3.8, 4) is 0 Å². The summed E-state index contributed by atoms with van der Waals surface area (Å²) in [5.74, 6) is -0.378. The van der Waals surface area contributed by atoms with Gasteiger partial charge in [0.25, 0.3) is 0 Å². The molecule has 6 nitrogen and oxygen atoms in total. The normalized spacial score (nSPS) is 21.5. The minimum absolute atomic E-state index is 0.0267. The average molecular weight is 388 g/mol. The van der Waals surface area contributed by atoms with E-state index in [-0.39, 0.29) is 29.6 Å². The van der Waals surface area contributed by atoms with E-state index in [9.17, 15) is 9.59 Å². The van der Waals surface area contributed by atoms with Gasteiger partial charge in [-0.1, -0.05) is 23.8 Å². The lowest BCUT2D eigenvalue weighted by atomic mass is 9.69. The molecule has 0 bridgehead atoms. The van der Waals surface area contributed by atoms with E-state index in [1.807, 2.05) is 19.1 Å². The van der Waals surface area contributed by atoms with Crippen LogP contribution in [0.4, 0.5) is 5.13 Å². The van der Waals surface area contributed by atoms with Gasteiger partial charge in [0, 0.05) is 32.0 Å². The summed E-state index contributed by atoms with van der Waals surface area (Å²) in [5, 5.41) is 3.75. The Balaban J connectivity index is 1.41. The maximum absolute atomic E-state index is 12.6. The maximum atomic E-state index is 12.6. The van der Waals surface area contributed by atoms with E-state index in [1.54, 1.807) is 12.0 Å². The molecule has 1 saturated carbocycles. The number of carbonyl (C=O) groups is 2. The number of carbonyl (C=O) groups excluding carboxylic acids is 2. The summed E-state index contributed by atoms with van der Waals surface area (Å²) in [6.07, 6.45) is 3.61. The molecule has 1 aliphatic heterocycles. The third kappa shape index (κ3) is 3.58. The highest BCUT2D eigenvalue weighted by atomic mass is 32.1. The summed E-state index contributed by atoms with van der Waals surface area (Å²) in [5.41, 5.74) is 2.15. The molecule has 2 amide bonds. The number of amides is 2. The Bertz CT molecular complexity index is 874. The molecule has 0 radical (unpaired) electrons. The van der Waals surface area contributed by atoms with E-state index in [0.29, 0.717) is 24.8 Å². The highest BCUT2D eigenvalue weighted by Crippen LogP contribution is 2.40. The number of ether oxygens (including phenoxy) is 1. The van der Waals surface area contributed by atoms with Crippen LogP contribution in [0.3, 0.4) is 0 Å². The number of rotatable bonds is 6. The minimum Gasteiger partial charge on any atom is -0.384 e. The topological polar surface area (TPSA) is 71.5 Å². The van der Waals surface area contributed by atoms with Crippen LogP contribution in [0.15, 0.2) is 18.2 Å². The first-order valence-electron chi connectivity index (χ1n) is 9.44. The van der Waals surface area contributed by atoms with Crippen LogP contribution in [0, 0.1) is 18.3 Å². The van der Waals surface area contributed by atoms with Crippen LogP contribution >= 0.6 is 11.3 Å². The lowest BCUT2D eigenvalue weighted by Gasteiger charge is -2.41. The number of hydrogen-bond donors (Lipinski definition) is 1. The zero-order valence-corrected chi connectivity index (χ0v) is 16.6. The van der Waals surface area contributed by atoms with Gasteiger partial charge < -0.3 is 10.1 Å². The van der Waals surface area contributed by atoms with Crippen molar-refractivity contribution in [1.29, 1.82) is 0 Å². The van der Waals surface area contributed by atoms with Crippen molar-refractivity contribution in [2.24, 2.45) is 11.3 Å².